The molecule has 2 N–H and O–H groups in total. The standard InChI is InChI=1S/C18H25N3O2/c1-12-5-3-6-13(2)17(12)20-16(22)11-21-10-4-7-15(21)18(23)19-14-8-9-14/h3,5-6,14-15H,4,7-11H2,1-2H3,(H,19,23)(H,20,22). The number of likely N-dealkylation sites (tertiary alicyclic amines) is 1. The van der Waals surface area contributed by atoms with Crippen LogP contribution in [0.25, 0.3) is 0 Å². The Balaban J connectivity index is 1.59. The minimum Gasteiger partial charge on any atom is -0.352 e. The van der Waals surface area contributed by atoms with E-state index in [0.29, 0.717) is 6.04 Å². The average Bonchev–Trinajstić information content (AvgIpc) is 3.19. The fourth-order valence-corrected chi connectivity index (χ4v) is 3.21. The zero-order chi connectivity index (χ0) is 16.4. The highest BCUT2D eigenvalue weighted by Crippen LogP contribution is 2.23. The number of rotatable bonds is 5. The van der Waals surface area contributed by atoms with Crippen molar-refractivity contribution < 1.29 is 9.59 Å². The van der Waals surface area contributed by atoms with Gasteiger partial charge in [-0.25, -0.2) is 0 Å². The topological polar surface area (TPSA) is 61.4 Å². The molecule has 0 aromatic heterocycles. The van der Waals surface area contributed by atoms with Gasteiger partial charge in [-0.2, -0.15) is 0 Å². The fraction of sp³-hybridized carbons (Fsp3) is 0.556. The zero-order valence-electron chi connectivity index (χ0n) is 13.9. The average molecular weight is 315 g/mol. The summed E-state index contributed by atoms with van der Waals surface area (Å²) in [6, 6.07) is 6.18. The fourth-order valence-electron chi connectivity index (χ4n) is 3.21. The van der Waals surface area contributed by atoms with Gasteiger partial charge in [0.05, 0.1) is 12.6 Å². The molecule has 1 heterocycles. The highest BCUT2D eigenvalue weighted by molar-refractivity contribution is 5.94. The molecular formula is C18H25N3O2. The third-order valence-corrected chi connectivity index (χ3v) is 4.68. The molecule has 1 saturated heterocycles. The maximum Gasteiger partial charge on any atom is 0.238 e. The smallest absolute Gasteiger partial charge is 0.238 e. The predicted molar refractivity (Wildman–Crippen MR) is 90.3 cm³/mol. The zero-order valence-corrected chi connectivity index (χ0v) is 13.9. The Morgan fingerprint density at radius 3 is 2.52 bits per heavy atom. The van der Waals surface area contributed by atoms with Gasteiger partial charge in [0, 0.05) is 11.7 Å². The van der Waals surface area contributed by atoms with E-state index in [4.69, 9.17) is 0 Å². The van der Waals surface area contributed by atoms with E-state index >= 15 is 0 Å². The van der Waals surface area contributed by atoms with E-state index in [1.165, 1.54) is 0 Å². The lowest BCUT2D eigenvalue weighted by Gasteiger charge is -2.23. The molecule has 1 aliphatic carbocycles. The largest absolute Gasteiger partial charge is 0.352 e. The number of nitrogens with one attached hydrogen (secondary N) is 2. The second-order valence-electron chi connectivity index (χ2n) is 6.73. The minimum atomic E-state index is -0.153. The number of carbonyl (C=O) groups is 2. The van der Waals surface area contributed by atoms with Crippen LogP contribution in [0.15, 0.2) is 18.2 Å². The molecule has 124 valence electrons. The van der Waals surface area contributed by atoms with Crippen molar-refractivity contribution in [3.8, 4) is 0 Å². The molecule has 1 aromatic rings. The van der Waals surface area contributed by atoms with Crippen LogP contribution in [0.4, 0.5) is 5.69 Å². The van der Waals surface area contributed by atoms with Gasteiger partial charge in [0.1, 0.15) is 0 Å². The monoisotopic (exact) mass is 315 g/mol. The molecule has 3 rings (SSSR count). The van der Waals surface area contributed by atoms with Crippen LogP contribution >= 0.6 is 0 Å². The van der Waals surface area contributed by atoms with E-state index in [-0.39, 0.29) is 24.4 Å². The third-order valence-electron chi connectivity index (χ3n) is 4.68. The van der Waals surface area contributed by atoms with Gasteiger partial charge >= 0.3 is 0 Å². The Hall–Kier alpha value is -1.88. The summed E-state index contributed by atoms with van der Waals surface area (Å²) in [6.45, 7) is 5.06. The number of amides is 2. The summed E-state index contributed by atoms with van der Waals surface area (Å²) in [5.41, 5.74) is 3.00. The Labute approximate surface area is 137 Å². The molecule has 23 heavy (non-hydrogen) atoms. The van der Waals surface area contributed by atoms with E-state index < -0.39 is 0 Å². The summed E-state index contributed by atoms with van der Waals surface area (Å²) in [5.74, 6) is 0.0402. The Morgan fingerprint density at radius 1 is 1.17 bits per heavy atom. The molecule has 0 bridgehead atoms. The van der Waals surface area contributed by atoms with Crippen LogP contribution in [0.2, 0.25) is 0 Å². The third kappa shape index (κ3) is 3.91. The van der Waals surface area contributed by atoms with Gasteiger partial charge in [0.2, 0.25) is 11.8 Å². The van der Waals surface area contributed by atoms with E-state index in [0.717, 1.165) is 49.0 Å². The van der Waals surface area contributed by atoms with Gasteiger partial charge in [-0.15, -0.1) is 0 Å². The number of benzene rings is 1. The van der Waals surface area contributed by atoms with Gasteiger partial charge in [0.25, 0.3) is 0 Å². The molecule has 1 unspecified atom stereocenters. The summed E-state index contributed by atoms with van der Waals surface area (Å²) in [6.07, 6.45) is 3.99. The number of hydrogen-bond acceptors (Lipinski definition) is 3. The molecule has 5 heteroatoms. The summed E-state index contributed by atoms with van der Waals surface area (Å²) in [5, 5.41) is 6.06. The molecule has 0 spiro atoms. The highest BCUT2D eigenvalue weighted by Gasteiger charge is 2.34. The molecule has 1 atom stereocenters. The van der Waals surface area contributed by atoms with Crippen LogP contribution in [0.5, 0.6) is 0 Å². The number of nitrogens with zero attached hydrogens (tertiary/aromatic N) is 1. The van der Waals surface area contributed by atoms with Crippen LogP contribution in [0, 0.1) is 13.8 Å². The Kier molecular flexibility index (Phi) is 4.66. The maximum absolute atomic E-state index is 12.4. The normalized spacial score (nSPS) is 21.2. The van der Waals surface area contributed by atoms with E-state index in [1.54, 1.807) is 0 Å². The number of hydrogen-bond donors (Lipinski definition) is 2. The second-order valence-corrected chi connectivity index (χ2v) is 6.73. The van der Waals surface area contributed by atoms with Crippen molar-refractivity contribution in [3.05, 3.63) is 29.3 Å². The van der Waals surface area contributed by atoms with Crippen molar-refractivity contribution in [2.75, 3.05) is 18.4 Å². The van der Waals surface area contributed by atoms with Gasteiger partial charge in [-0.3, -0.25) is 14.5 Å². The number of carbonyl (C=O) groups excluding carboxylic acids is 2. The number of para-hydroxylation sites is 1. The van der Waals surface area contributed by atoms with Crippen molar-refractivity contribution in [2.45, 2.75) is 51.6 Å². The summed E-state index contributed by atoms with van der Waals surface area (Å²) < 4.78 is 0. The molecule has 2 fully saturated rings. The van der Waals surface area contributed by atoms with Crippen molar-refractivity contribution in [3.63, 3.8) is 0 Å². The van der Waals surface area contributed by atoms with Gasteiger partial charge in [-0.1, -0.05) is 18.2 Å². The van der Waals surface area contributed by atoms with Crippen molar-refractivity contribution in [1.29, 1.82) is 0 Å². The summed E-state index contributed by atoms with van der Waals surface area (Å²) in [7, 11) is 0. The van der Waals surface area contributed by atoms with Crippen LogP contribution in [-0.2, 0) is 9.59 Å². The van der Waals surface area contributed by atoms with Crippen molar-refractivity contribution in [1.82, 2.24) is 10.2 Å². The first-order chi connectivity index (χ1) is 11.0. The molecule has 1 saturated carbocycles. The molecule has 1 aromatic carbocycles. The number of aryl methyl sites for hydroxylation is 2. The molecule has 2 aliphatic rings. The lowest BCUT2D eigenvalue weighted by Crippen LogP contribution is -2.46. The SMILES string of the molecule is Cc1cccc(C)c1NC(=O)CN1CCCC1C(=O)NC1CC1. The van der Waals surface area contributed by atoms with Crippen LogP contribution < -0.4 is 10.6 Å². The van der Waals surface area contributed by atoms with Crippen LogP contribution in [0.3, 0.4) is 0 Å². The van der Waals surface area contributed by atoms with Crippen LogP contribution in [0.1, 0.15) is 36.8 Å². The van der Waals surface area contributed by atoms with Gasteiger partial charge in [0.15, 0.2) is 0 Å². The second kappa shape index (κ2) is 6.71. The quantitative estimate of drug-likeness (QED) is 0.873. The Bertz CT molecular complexity index is 590. The van der Waals surface area contributed by atoms with Crippen molar-refractivity contribution >= 4 is 17.5 Å². The van der Waals surface area contributed by atoms with Crippen LogP contribution in [-0.4, -0.2) is 41.9 Å². The van der Waals surface area contributed by atoms with E-state index in [9.17, 15) is 9.59 Å². The van der Waals surface area contributed by atoms with E-state index in [1.807, 2.05) is 36.9 Å². The predicted octanol–water partition coefficient (Wildman–Crippen LogP) is 1.98. The minimum absolute atomic E-state index is 0.0477. The molecular weight excluding hydrogens is 290 g/mol. The first-order valence-electron chi connectivity index (χ1n) is 8.45. The van der Waals surface area contributed by atoms with E-state index in [2.05, 4.69) is 10.6 Å². The Morgan fingerprint density at radius 2 is 1.87 bits per heavy atom. The van der Waals surface area contributed by atoms with Gasteiger partial charge < -0.3 is 10.6 Å². The molecule has 2 amide bonds. The first-order valence-corrected chi connectivity index (χ1v) is 8.45. The first kappa shape index (κ1) is 16.0. The highest BCUT2D eigenvalue weighted by atomic mass is 16.2. The lowest BCUT2D eigenvalue weighted by atomic mass is 10.1. The molecule has 5 nitrogen and oxygen atoms in total. The molecule has 0 radical (unpaired) electrons. The van der Waals surface area contributed by atoms with Gasteiger partial charge in [-0.05, 0) is 57.2 Å². The number of anilines is 1. The summed E-state index contributed by atoms with van der Waals surface area (Å²) in [4.78, 5) is 26.7. The summed E-state index contributed by atoms with van der Waals surface area (Å²) >= 11 is 0. The molecule has 1 aliphatic heterocycles. The van der Waals surface area contributed by atoms with Crippen molar-refractivity contribution in [2.24, 2.45) is 0 Å². The maximum atomic E-state index is 12.4. The lowest BCUT2D eigenvalue weighted by molar-refractivity contribution is -0.126.